The van der Waals surface area contributed by atoms with Crippen LogP contribution in [0.15, 0.2) is 0 Å². The third-order valence-corrected chi connectivity index (χ3v) is 3.45. The number of nitrogens with zero attached hydrogens (tertiary/aromatic N) is 1. The van der Waals surface area contributed by atoms with Crippen LogP contribution in [0, 0.1) is 5.41 Å². The van der Waals surface area contributed by atoms with E-state index < -0.39 is 0 Å². The lowest BCUT2D eigenvalue weighted by Crippen LogP contribution is -2.43. The van der Waals surface area contributed by atoms with Crippen molar-refractivity contribution in [3.05, 3.63) is 0 Å². The first-order valence-electron chi connectivity index (χ1n) is 4.57. The Hall–Kier alpha value is -0.220. The Morgan fingerprint density at radius 3 is 2.85 bits per heavy atom. The van der Waals surface area contributed by atoms with Crippen molar-refractivity contribution >= 4 is 17.0 Å². The van der Waals surface area contributed by atoms with Crippen molar-refractivity contribution in [1.29, 1.82) is 0 Å². The summed E-state index contributed by atoms with van der Waals surface area (Å²) in [6, 6.07) is 0.321. The number of thioether (sulfide) groups is 1. The molecule has 0 aromatic rings. The van der Waals surface area contributed by atoms with Gasteiger partial charge in [-0.15, -0.1) is 0 Å². The summed E-state index contributed by atoms with van der Waals surface area (Å²) in [5.74, 6) is 0.894. The van der Waals surface area contributed by atoms with Crippen LogP contribution in [0.5, 0.6) is 0 Å². The van der Waals surface area contributed by atoms with Crippen LogP contribution in [0.25, 0.3) is 0 Å². The second-order valence-electron chi connectivity index (χ2n) is 4.69. The molecule has 0 bridgehead atoms. The highest BCUT2D eigenvalue weighted by Crippen LogP contribution is 2.38. The Kier molecular flexibility index (Phi) is 2.07. The van der Waals surface area contributed by atoms with Crippen LogP contribution in [-0.4, -0.2) is 34.8 Å². The van der Waals surface area contributed by atoms with E-state index in [-0.39, 0.29) is 16.9 Å². The summed E-state index contributed by atoms with van der Waals surface area (Å²) in [5, 5.41) is 0.183. The van der Waals surface area contributed by atoms with Crippen LogP contribution in [0.3, 0.4) is 0 Å². The monoisotopic (exact) mass is 201 g/mol. The molecule has 0 aromatic heterocycles. The average molecular weight is 201 g/mol. The van der Waals surface area contributed by atoms with Gasteiger partial charge in [0.05, 0.1) is 12.6 Å². The van der Waals surface area contributed by atoms with Crippen LogP contribution in [0.4, 0.5) is 4.79 Å². The highest BCUT2D eigenvalue weighted by molar-refractivity contribution is 8.13. The first-order valence-corrected chi connectivity index (χ1v) is 5.55. The molecule has 13 heavy (non-hydrogen) atoms. The SMILES string of the molecule is CC(C)(C)[C@H]1OC[C@H]2CSC(=O)N21. The summed E-state index contributed by atoms with van der Waals surface area (Å²) in [6.45, 7) is 7.03. The Balaban J connectivity index is 2.19. The van der Waals surface area contributed by atoms with Crippen molar-refractivity contribution < 1.29 is 9.53 Å². The van der Waals surface area contributed by atoms with Crippen LogP contribution in [0.2, 0.25) is 0 Å². The van der Waals surface area contributed by atoms with E-state index in [1.54, 1.807) is 0 Å². The summed E-state index contributed by atoms with van der Waals surface area (Å²) in [5.41, 5.74) is 0.0231. The molecule has 2 heterocycles. The number of carbonyl (C=O) groups excluding carboxylic acids is 1. The molecular formula is C9H15NO2S. The molecule has 2 aliphatic rings. The summed E-state index contributed by atoms with van der Waals surface area (Å²) in [7, 11) is 0. The number of fused-ring (bicyclic) bond motifs is 1. The largest absolute Gasteiger partial charge is 0.356 e. The van der Waals surface area contributed by atoms with Gasteiger partial charge in [-0.1, -0.05) is 32.5 Å². The van der Waals surface area contributed by atoms with Gasteiger partial charge in [-0.3, -0.25) is 4.79 Å². The fourth-order valence-corrected chi connectivity index (χ4v) is 2.82. The van der Waals surface area contributed by atoms with Gasteiger partial charge in [-0.2, -0.15) is 0 Å². The number of amides is 1. The lowest BCUT2D eigenvalue weighted by molar-refractivity contribution is -0.0257. The van der Waals surface area contributed by atoms with Crippen molar-refractivity contribution in [1.82, 2.24) is 4.90 Å². The lowest BCUT2D eigenvalue weighted by Gasteiger charge is -2.32. The highest BCUT2D eigenvalue weighted by atomic mass is 32.2. The topological polar surface area (TPSA) is 29.5 Å². The van der Waals surface area contributed by atoms with E-state index in [1.807, 2.05) is 4.90 Å². The smallest absolute Gasteiger partial charge is 0.284 e. The summed E-state index contributed by atoms with van der Waals surface area (Å²) in [6.07, 6.45) is -0.0278. The molecule has 0 radical (unpaired) electrons. The van der Waals surface area contributed by atoms with E-state index in [2.05, 4.69) is 20.8 Å². The van der Waals surface area contributed by atoms with Crippen molar-refractivity contribution in [2.75, 3.05) is 12.4 Å². The fraction of sp³-hybridized carbons (Fsp3) is 0.889. The third kappa shape index (κ3) is 1.46. The Labute approximate surface area is 82.8 Å². The molecule has 0 aromatic carbocycles. The van der Waals surface area contributed by atoms with E-state index in [0.29, 0.717) is 12.6 Å². The molecule has 2 atom stereocenters. The zero-order valence-corrected chi connectivity index (χ0v) is 9.06. The van der Waals surface area contributed by atoms with Gasteiger partial charge in [0.2, 0.25) is 0 Å². The standard InChI is InChI=1S/C9H15NO2S/c1-9(2,3)7-10-6(4-12-7)5-13-8(10)11/h6-7H,4-5H2,1-3H3/t6-,7+/m0/s1. The van der Waals surface area contributed by atoms with Crippen molar-refractivity contribution in [2.24, 2.45) is 5.41 Å². The van der Waals surface area contributed by atoms with Crippen molar-refractivity contribution in [3.63, 3.8) is 0 Å². The Morgan fingerprint density at radius 1 is 1.54 bits per heavy atom. The highest BCUT2D eigenvalue weighted by Gasteiger charge is 2.47. The van der Waals surface area contributed by atoms with Crippen LogP contribution < -0.4 is 0 Å². The molecule has 2 aliphatic heterocycles. The fourth-order valence-electron chi connectivity index (χ4n) is 1.84. The predicted octanol–water partition coefficient (Wildman–Crippen LogP) is 1.93. The van der Waals surface area contributed by atoms with Gasteiger partial charge in [-0.05, 0) is 0 Å². The second kappa shape index (κ2) is 2.89. The maximum atomic E-state index is 11.5. The van der Waals surface area contributed by atoms with E-state index in [1.165, 1.54) is 11.8 Å². The minimum absolute atomic E-state index is 0.0231. The minimum Gasteiger partial charge on any atom is -0.356 e. The molecule has 2 rings (SSSR count). The predicted molar refractivity (Wildman–Crippen MR) is 52.7 cm³/mol. The molecule has 0 aliphatic carbocycles. The van der Waals surface area contributed by atoms with Crippen molar-refractivity contribution in [3.8, 4) is 0 Å². The zero-order chi connectivity index (χ0) is 9.64. The molecule has 0 spiro atoms. The molecule has 74 valence electrons. The number of rotatable bonds is 0. The van der Waals surface area contributed by atoms with E-state index in [9.17, 15) is 4.79 Å². The molecule has 0 unspecified atom stereocenters. The number of hydrogen-bond donors (Lipinski definition) is 0. The van der Waals surface area contributed by atoms with E-state index in [4.69, 9.17) is 4.74 Å². The Bertz CT molecular complexity index is 236. The lowest BCUT2D eigenvalue weighted by atomic mass is 9.93. The quantitative estimate of drug-likeness (QED) is 0.599. The number of hydrogen-bond acceptors (Lipinski definition) is 3. The average Bonchev–Trinajstić information content (AvgIpc) is 2.51. The maximum Gasteiger partial charge on any atom is 0.284 e. The van der Waals surface area contributed by atoms with Gasteiger partial charge in [0.25, 0.3) is 5.24 Å². The van der Waals surface area contributed by atoms with Crippen molar-refractivity contribution in [2.45, 2.75) is 33.0 Å². The van der Waals surface area contributed by atoms with E-state index >= 15 is 0 Å². The van der Waals surface area contributed by atoms with Crippen LogP contribution in [0.1, 0.15) is 20.8 Å². The first-order chi connectivity index (χ1) is 6.00. The molecule has 0 N–H and O–H groups in total. The molecule has 2 saturated heterocycles. The third-order valence-electron chi connectivity index (χ3n) is 2.44. The maximum absolute atomic E-state index is 11.5. The number of carbonyl (C=O) groups is 1. The first kappa shape index (κ1) is 9.34. The van der Waals surface area contributed by atoms with E-state index in [0.717, 1.165) is 5.75 Å². The normalized spacial score (nSPS) is 34.1. The Morgan fingerprint density at radius 2 is 2.23 bits per heavy atom. The van der Waals surface area contributed by atoms with Gasteiger partial charge in [0.15, 0.2) is 0 Å². The summed E-state index contributed by atoms with van der Waals surface area (Å²) < 4.78 is 5.65. The van der Waals surface area contributed by atoms with Gasteiger partial charge in [0, 0.05) is 11.2 Å². The molecular weight excluding hydrogens is 186 g/mol. The number of ether oxygens (including phenoxy) is 1. The zero-order valence-electron chi connectivity index (χ0n) is 8.24. The van der Waals surface area contributed by atoms with Gasteiger partial charge in [-0.25, -0.2) is 0 Å². The molecule has 2 fully saturated rings. The van der Waals surface area contributed by atoms with Gasteiger partial charge >= 0.3 is 0 Å². The summed E-state index contributed by atoms with van der Waals surface area (Å²) >= 11 is 1.42. The second-order valence-corrected chi connectivity index (χ2v) is 5.66. The van der Waals surface area contributed by atoms with Crippen LogP contribution >= 0.6 is 11.8 Å². The minimum atomic E-state index is -0.0278. The summed E-state index contributed by atoms with van der Waals surface area (Å²) in [4.78, 5) is 13.4. The van der Waals surface area contributed by atoms with Gasteiger partial charge < -0.3 is 9.64 Å². The molecule has 0 saturated carbocycles. The molecule has 4 heteroatoms. The van der Waals surface area contributed by atoms with Gasteiger partial charge in [0.1, 0.15) is 6.23 Å². The molecule has 1 amide bonds. The molecule has 3 nitrogen and oxygen atoms in total. The van der Waals surface area contributed by atoms with Crippen LogP contribution in [-0.2, 0) is 4.74 Å².